The lowest BCUT2D eigenvalue weighted by atomic mass is 10.1. The fourth-order valence-corrected chi connectivity index (χ4v) is 2.60. The van der Waals surface area contributed by atoms with Gasteiger partial charge in [-0.25, -0.2) is 9.97 Å². The Labute approximate surface area is 112 Å². The summed E-state index contributed by atoms with van der Waals surface area (Å²) in [5.74, 6) is 1.78. The van der Waals surface area contributed by atoms with Crippen molar-refractivity contribution in [2.24, 2.45) is 7.05 Å². The molecule has 2 aromatic rings. The Hall–Kier alpha value is -1.69. The molecule has 1 aliphatic rings. The summed E-state index contributed by atoms with van der Waals surface area (Å²) < 4.78 is 7.37. The van der Waals surface area contributed by atoms with Crippen molar-refractivity contribution in [2.75, 3.05) is 24.7 Å². The molecule has 0 aliphatic carbocycles. The summed E-state index contributed by atoms with van der Waals surface area (Å²) >= 11 is 0. The number of morpholine rings is 1. The molecule has 0 saturated carbocycles. The van der Waals surface area contributed by atoms with Gasteiger partial charge < -0.3 is 9.64 Å². The third kappa shape index (κ3) is 2.06. The predicted octanol–water partition coefficient (Wildman–Crippen LogP) is 1.29. The molecule has 0 bridgehead atoms. The molecular weight excluding hydrogens is 242 g/mol. The Morgan fingerprint density at radius 2 is 2.26 bits per heavy atom. The van der Waals surface area contributed by atoms with Crippen molar-refractivity contribution < 1.29 is 4.74 Å². The summed E-state index contributed by atoms with van der Waals surface area (Å²) in [7, 11) is 1.91. The number of aromatic nitrogens is 4. The maximum atomic E-state index is 5.57. The van der Waals surface area contributed by atoms with Crippen molar-refractivity contribution in [3.05, 3.63) is 12.0 Å². The topological polar surface area (TPSA) is 56.1 Å². The molecule has 1 fully saturated rings. The van der Waals surface area contributed by atoms with Gasteiger partial charge in [-0.3, -0.25) is 4.68 Å². The van der Waals surface area contributed by atoms with Gasteiger partial charge in [0.25, 0.3) is 0 Å². The van der Waals surface area contributed by atoms with E-state index in [2.05, 4.69) is 26.9 Å². The molecule has 0 N–H and O–H groups in total. The Morgan fingerprint density at radius 3 is 3.05 bits per heavy atom. The number of anilines is 1. The number of nitrogens with zero attached hydrogens (tertiary/aromatic N) is 5. The summed E-state index contributed by atoms with van der Waals surface area (Å²) in [4.78, 5) is 11.5. The van der Waals surface area contributed by atoms with Gasteiger partial charge in [-0.2, -0.15) is 5.10 Å². The summed E-state index contributed by atoms with van der Waals surface area (Å²) in [5, 5.41) is 5.32. The molecule has 1 aliphatic heterocycles. The van der Waals surface area contributed by atoms with Crippen molar-refractivity contribution in [1.82, 2.24) is 19.7 Å². The minimum Gasteiger partial charge on any atom is -0.377 e. The Balaban J connectivity index is 2.12. The van der Waals surface area contributed by atoms with Crippen LogP contribution in [-0.4, -0.2) is 45.5 Å². The fourth-order valence-electron chi connectivity index (χ4n) is 2.60. The van der Waals surface area contributed by atoms with E-state index in [0.29, 0.717) is 6.04 Å². The van der Waals surface area contributed by atoms with Crippen LogP contribution in [0.5, 0.6) is 0 Å². The summed E-state index contributed by atoms with van der Waals surface area (Å²) in [6.07, 6.45) is 2.90. The molecule has 0 radical (unpaired) electrons. The van der Waals surface area contributed by atoms with Crippen molar-refractivity contribution in [2.45, 2.75) is 26.3 Å². The SMILES string of the molecule is CC[C@@H]1COCCN1c1nc(C)nc2c1cnn2C. The highest BCUT2D eigenvalue weighted by Gasteiger charge is 2.25. The number of hydrogen-bond donors (Lipinski definition) is 0. The number of ether oxygens (including phenoxy) is 1. The second-order valence-electron chi connectivity index (χ2n) is 4.93. The van der Waals surface area contributed by atoms with Gasteiger partial charge in [0.05, 0.1) is 30.8 Å². The molecule has 2 aromatic heterocycles. The van der Waals surface area contributed by atoms with Gasteiger partial charge in [-0.1, -0.05) is 6.92 Å². The van der Waals surface area contributed by atoms with Crippen LogP contribution in [0.1, 0.15) is 19.2 Å². The first-order valence-electron chi connectivity index (χ1n) is 6.71. The maximum absolute atomic E-state index is 5.57. The molecule has 3 rings (SSSR count). The first kappa shape index (κ1) is 12.3. The van der Waals surface area contributed by atoms with E-state index in [1.54, 1.807) is 4.68 Å². The zero-order valence-corrected chi connectivity index (χ0v) is 11.6. The summed E-state index contributed by atoms with van der Waals surface area (Å²) in [5.41, 5.74) is 0.892. The van der Waals surface area contributed by atoms with Crippen LogP contribution in [0, 0.1) is 6.92 Å². The van der Waals surface area contributed by atoms with Crippen LogP contribution >= 0.6 is 0 Å². The Kier molecular flexibility index (Phi) is 3.10. The number of rotatable bonds is 2. The van der Waals surface area contributed by atoms with E-state index in [-0.39, 0.29) is 0 Å². The van der Waals surface area contributed by atoms with Crippen molar-refractivity contribution in [3.8, 4) is 0 Å². The number of fused-ring (bicyclic) bond motifs is 1. The first-order valence-corrected chi connectivity index (χ1v) is 6.71. The third-order valence-corrected chi connectivity index (χ3v) is 3.65. The standard InChI is InChI=1S/C13H19N5O/c1-4-10-8-19-6-5-18(10)13-11-7-14-17(3)12(11)15-9(2)16-13/h7,10H,4-6,8H2,1-3H3/t10-/m1/s1. The highest BCUT2D eigenvalue weighted by molar-refractivity contribution is 5.87. The van der Waals surface area contributed by atoms with E-state index in [1.807, 2.05) is 20.2 Å². The van der Waals surface area contributed by atoms with Gasteiger partial charge in [0, 0.05) is 13.6 Å². The quantitative estimate of drug-likeness (QED) is 0.815. The molecule has 6 nitrogen and oxygen atoms in total. The van der Waals surface area contributed by atoms with E-state index in [4.69, 9.17) is 4.74 Å². The van der Waals surface area contributed by atoms with Gasteiger partial charge in [-0.15, -0.1) is 0 Å². The smallest absolute Gasteiger partial charge is 0.163 e. The maximum Gasteiger partial charge on any atom is 0.163 e. The molecule has 3 heterocycles. The normalized spacial score (nSPS) is 20.2. The number of aryl methyl sites for hydroxylation is 2. The molecule has 1 atom stereocenters. The van der Waals surface area contributed by atoms with Gasteiger partial charge in [0.15, 0.2) is 5.65 Å². The first-order chi connectivity index (χ1) is 9.20. The largest absolute Gasteiger partial charge is 0.377 e. The second-order valence-corrected chi connectivity index (χ2v) is 4.93. The Morgan fingerprint density at radius 1 is 1.42 bits per heavy atom. The zero-order chi connectivity index (χ0) is 13.4. The number of hydrogen-bond acceptors (Lipinski definition) is 5. The highest BCUT2D eigenvalue weighted by Crippen LogP contribution is 2.27. The van der Waals surface area contributed by atoms with Crippen LogP contribution in [0.2, 0.25) is 0 Å². The minimum atomic E-state index is 0.381. The minimum absolute atomic E-state index is 0.381. The zero-order valence-electron chi connectivity index (χ0n) is 11.6. The van der Waals surface area contributed by atoms with Crippen LogP contribution in [0.4, 0.5) is 5.82 Å². The molecule has 0 amide bonds. The predicted molar refractivity (Wildman–Crippen MR) is 73.3 cm³/mol. The molecule has 102 valence electrons. The molecule has 0 unspecified atom stereocenters. The average Bonchev–Trinajstić information content (AvgIpc) is 2.79. The molecular formula is C13H19N5O. The third-order valence-electron chi connectivity index (χ3n) is 3.65. The van der Waals surface area contributed by atoms with E-state index < -0.39 is 0 Å². The van der Waals surface area contributed by atoms with Crippen LogP contribution in [0.25, 0.3) is 11.0 Å². The lowest BCUT2D eigenvalue weighted by Crippen LogP contribution is -2.45. The fraction of sp³-hybridized carbons (Fsp3) is 0.615. The van der Waals surface area contributed by atoms with E-state index in [9.17, 15) is 0 Å². The van der Waals surface area contributed by atoms with Gasteiger partial charge >= 0.3 is 0 Å². The lowest BCUT2D eigenvalue weighted by Gasteiger charge is -2.36. The van der Waals surface area contributed by atoms with Crippen LogP contribution in [0.3, 0.4) is 0 Å². The van der Waals surface area contributed by atoms with Crippen LogP contribution < -0.4 is 4.90 Å². The highest BCUT2D eigenvalue weighted by atomic mass is 16.5. The van der Waals surface area contributed by atoms with Gasteiger partial charge in [-0.05, 0) is 13.3 Å². The molecule has 19 heavy (non-hydrogen) atoms. The van der Waals surface area contributed by atoms with Gasteiger partial charge in [0.1, 0.15) is 11.6 Å². The second kappa shape index (κ2) is 4.77. The van der Waals surface area contributed by atoms with Gasteiger partial charge in [0.2, 0.25) is 0 Å². The molecule has 0 aromatic carbocycles. The molecule has 0 spiro atoms. The lowest BCUT2D eigenvalue weighted by molar-refractivity contribution is 0.0927. The van der Waals surface area contributed by atoms with E-state index >= 15 is 0 Å². The van der Waals surface area contributed by atoms with Crippen LogP contribution in [-0.2, 0) is 11.8 Å². The Bertz CT molecular complexity index is 594. The monoisotopic (exact) mass is 261 g/mol. The average molecular weight is 261 g/mol. The summed E-state index contributed by atoms with van der Waals surface area (Å²) in [6, 6.07) is 0.381. The molecule has 1 saturated heterocycles. The van der Waals surface area contributed by atoms with Crippen LogP contribution in [0.15, 0.2) is 6.20 Å². The van der Waals surface area contributed by atoms with Crippen molar-refractivity contribution in [1.29, 1.82) is 0 Å². The van der Waals surface area contributed by atoms with Crippen molar-refractivity contribution >= 4 is 16.9 Å². The van der Waals surface area contributed by atoms with Crippen molar-refractivity contribution in [3.63, 3.8) is 0 Å². The van der Waals surface area contributed by atoms with E-state index in [0.717, 1.165) is 48.9 Å². The van der Waals surface area contributed by atoms with E-state index in [1.165, 1.54) is 0 Å². The molecule has 6 heteroatoms. The summed E-state index contributed by atoms with van der Waals surface area (Å²) in [6.45, 7) is 6.50.